The van der Waals surface area contributed by atoms with Gasteiger partial charge in [0.2, 0.25) is 0 Å². The van der Waals surface area contributed by atoms with Gasteiger partial charge in [0.1, 0.15) is 0 Å². The number of methoxy groups -OCH3 is 1. The van der Waals surface area contributed by atoms with E-state index in [1.807, 2.05) is 6.08 Å². The SMILES string of the molecule is COC(=O)/C=C\CCN1CCN(C)CC1. The molecule has 0 unspecified atom stereocenters. The van der Waals surface area contributed by atoms with Crippen molar-refractivity contribution in [2.45, 2.75) is 6.42 Å². The molecule has 15 heavy (non-hydrogen) atoms. The van der Waals surface area contributed by atoms with Gasteiger partial charge in [0.15, 0.2) is 0 Å². The molecule has 0 amide bonds. The number of carbonyl (C=O) groups excluding carboxylic acids is 1. The Morgan fingerprint density at radius 1 is 1.33 bits per heavy atom. The zero-order chi connectivity index (χ0) is 11.1. The molecule has 86 valence electrons. The monoisotopic (exact) mass is 212 g/mol. The Morgan fingerprint density at radius 2 is 2.00 bits per heavy atom. The summed E-state index contributed by atoms with van der Waals surface area (Å²) in [6.07, 6.45) is 4.29. The molecular formula is C11H20N2O2. The Morgan fingerprint density at radius 3 is 2.60 bits per heavy atom. The fourth-order valence-electron chi connectivity index (χ4n) is 1.58. The number of carbonyl (C=O) groups is 1. The minimum Gasteiger partial charge on any atom is -0.466 e. The van der Waals surface area contributed by atoms with Crippen molar-refractivity contribution in [2.24, 2.45) is 0 Å². The molecule has 0 spiro atoms. The highest BCUT2D eigenvalue weighted by Crippen LogP contribution is 2.00. The quantitative estimate of drug-likeness (QED) is 0.497. The molecule has 1 aliphatic heterocycles. The van der Waals surface area contributed by atoms with Crippen LogP contribution < -0.4 is 0 Å². The van der Waals surface area contributed by atoms with Crippen LogP contribution >= 0.6 is 0 Å². The minimum absolute atomic E-state index is 0.270. The molecule has 1 rings (SSSR count). The lowest BCUT2D eigenvalue weighted by molar-refractivity contribution is -0.134. The predicted molar refractivity (Wildman–Crippen MR) is 59.7 cm³/mol. The molecule has 0 N–H and O–H groups in total. The molecule has 1 fully saturated rings. The molecule has 0 aromatic rings. The maximum absolute atomic E-state index is 10.8. The largest absolute Gasteiger partial charge is 0.466 e. The summed E-state index contributed by atoms with van der Waals surface area (Å²) in [4.78, 5) is 15.5. The van der Waals surface area contributed by atoms with Crippen molar-refractivity contribution in [3.05, 3.63) is 12.2 Å². The third-order valence-corrected chi connectivity index (χ3v) is 2.66. The van der Waals surface area contributed by atoms with Crippen LogP contribution in [0.2, 0.25) is 0 Å². The molecule has 0 atom stereocenters. The van der Waals surface area contributed by atoms with E-state index in [1.165, 1.54) is 13.2 Å². The topological polar surface area (TPSA) is 32.8 Å². The Hall–Kier alpha value is -0.870. The molecule has 4 nitrogen and oxygen atoms in total. The standard InChI is InChI=1S/C11H20N2O2/c1-12-7-9-13(10-8-12)6-4-3-5-11(14)15-2/h3,5H,4,6-10H2,1-2H3/b5-3-. The average molecular weight is 212 g/mol. The lowest BCUT2D eigenvalue weighted by Crippen LogP contribution is -2.44. The molecule has 0 aromatic carbocycles. The second-order valence-electron chi connectivity index (χ2n) is 3.86. The van der Waals surface area contributed by atoms with Gasteiger partial charge < -0.3 is 14.5 Å². The number of piperazine rings is 1. The molecular weight excluding hydrogens is 192 g/mol. The van der Waals surface area contributed by atoms with E-state index < -0.39 is 0 Å². The Labute approximate surface area is 91.5 Å². The van der Waals surface area contributed by atoms with Crippen molar-refractivity contribution in [3.63, 3.8) is 0 Å². The number of nitrogens with zero attached hydrogens (tertiary/aromatic N) is 2. The van der Waals surface area contributed by atoms with Crippen LogP contribution in [0.5, 0.6) is 0 Å². The summed E-state index contributed by atoms with van der Waals surface area (Å²) in [6.45, 7) is 5.56. The molecule has 0 bridgehead atoms. The van der Waals surface area contributed by atoms with Gasteiger partial charge in [-0.1, -0.05) is 6.08 Å². The van der Waals surface area contributed by atoms with Crippen molar-refractivity contribution in [3.8, 4) is 0 Å². The first-order chi connectivity index (χ1) is 7.22. The van der Waals surface area contributed by atoms with Gasteiger partial charge in [-0.2, -0.15) is 0 Å². The third kappa shape index (κ3) is 4.95. The first-order valence-corrected chi connectivity index (χ1v) is 5.38. The van der Waals surface area contributed by atoms with Gasteiger partial charge in [0.05, 0.1) is 7.11 Å². The highest BCUT2D eigenvalue weighted by Gasteiger charge is 2.11. The Balaban J connectivity index is 2.10. The van der Waals surface area contributed by atoms with E-state index in [2.05, 4.69) is 21.6 Å². The molecule has 0 aliphatic carbocycles. The van der Waals surface area contributed by atoms with Gasteiger partial charge in [-0.15, -0.1) is 0 Å². The zero-order valence-corrected chi connectivity index (χ0v) is 9.61. The fraction of sp³-hybridized carbons (Fsp3) is 0.727. The van der Waals surface area contributed by atoms with Gasteiger partial charge in [-0.05, 0) is 13.5 Å². The molecule has 1 aliphatic rings. The van der Waals surface area contributed by atoms with E-state index in [0.29, 0.717) is 0 Å². The van der Waals surface area contributed by atoms with Crippen LogP contribution in [0.4, 0.5) is 0 Å². The fourth-order valence-corrected chi connectivity index (χ4v) is 1.58. The van der Waals surface area contributed by atoms with Crippen molar-refractivity contribution in [1.29, 1.82) is 0 Å². The van der Waals surface area contributed by atoms with Gasteiger partial charge in [-0.25, -0.2) is 4.79 Å². The first-order valence-electron chi connectivity index (χ1n) is 5.38. The molecule has 0 radical (unpaired) electrons. The third-order valence-electron chi connectivity index (χ3n) is 2.66. The number of ether oxygens (including phenoxy) is 1. The lowest BCUT2D eigenvalue weighted by atomic mass is 10.3. The summed E-state index contributed by atoms with van der Waals surface area (Å²) in [7, 11) is 3.54. The van der Waals surface area contributed by atoms with Crippen LogP contribution in [0.15, 0.2) is 12.2 Å². The summed E-state index contributed by atoms with van der Waals surface area (Å²) in [6, 6.07) is 0. The molecule has 1 heterocycles. The molecule has 0 aromatic heterocycles. The average Bonchev–Trinajstić information content (AvgIpc) is 2.26. The van der Waals surface area contributed by atoms with Gasteiger partial charge in [0, 0.05) is 38.8 Å². The van der Waals surface area contributed by atoms with Crippen molar-refractivity contribution in [2.75, 3.05) is 46.9 Å². The van der Waals surface area contributed by atoms with Crippen LogP contribution in [0, 0.1) is 0 Å². The summed E-state index contributed by atoms with van der Waals surface area (Å²) >= 11 is 0. The number of likely N-dealkylation sites (N-methyl/N-ethyl adjacent to an activating group) is 1. The van der Waals surface area contributed by atoms with Crippen LogP contribution in [0.3, 0.4) is 0 Å². The van der Waals surface area contributed by atoms with E-state index >= 15 is 0 Å². The maximum atomic E-state index is 10.8. The second-order valence-corrected chi connectivity index (χ2v) is 3.86. The smallest absolute Gasteiger partial charge is 0.330 e. The summed E-state index contributed by atoms with van der Waals surface area (Å²) < 4.78 is 4.51. The van der Waals surface area contributed by atoms with Crippen molar-refractivity contribution in [1.82, 2.24) is 9.80 Å². The zero-order valence-electron chi connectivity index (χ0n) is 9.61. The number of hydrogen-bond acceptors (Lipinski definition) is 4. The maximum Gasteiger partial charge on any atom is 0.330 e. The number of rotatable bonds is 4. The second kappa shape index (κ2) is 6.58. The molecule has 4 heteroatoms. The van der Waals surface area contributed by atoms with Gasteiger partial charge in [-0.3, -0.25) is 0 Å². The van der Waals surface area contributed by atoms with Gasteiger partial charge in [0.25, 0.3) is 0 Å². The van der Waals surface area contributed by atoms with E-state index in [4.69, 9.17) is 0 Å². The normalized spacial score (nSPS) is 19.6. The van der Waals surface area contributed by atoms with Crippen LogP contribution in [-0.2, 0) is 9.53 Å². The summed E-state index contributed by atoms with van der Waals surface area (Å²) in [5.41, 5.74) is 0. The number of hydrogen-bond donors (Lipinski definition) is 0. The summed E-state index contributed by atoms with van der Waals surface area (Å²) in [5, 5.41) is 0. The highest BCUT2D eigenvalue weighted by molar-refractivity contribution is 5.81. The lowest BCUT2D eigenvalue weighted by Gasteiger charge is -2.31. The number of esters is 1. The van der Waals surface area contributed by atoms with E-state index in [1.54, 1.807) is 0 Å². The van der Waals surface area contributed by atoms with E-state index in [0.717, 1.165) is 39.1 Å². The van der Waals surface area contributed by atoms with E-state index in [-0.39, 0.29) is 5.97 Å². The van der Waals surface area contributed by atoms with Crippen molar-refractivity contribution < 1.29 is 9.53 Å². The predicted octanol–water partition coefficient (Wildman–Crippen LogP) is 0.353. The minimum atomic E-state index is -0.270. The molecule has 0 saturated carbocycles. The van der Waals surface area contributed by atoms with Gasteiger partial charge >= 0.3 is 5.97 Å². The van der Waals surface area contributed by atoms with Crippen LogP contribution in [0.1, 0.15) is 6.42 Å². The van der Waals surface area contributed by atoms with Crippen LogP contribution in [0.25, 0.3) is 0 Å². The Kier molecular flexibility index (Phi) is 5.36. The van der Waals surface area contributed by atoms with Crippen molar-refractivity contribution >= 4 is 5.97 Å². The molecule has 1 saturated heterocycles. The first kappa shape index (κ1) is 12.2. The van der Waals surface area contributed by atoms with Crippen LogP contribution in [-0.4, -0.2) is 62.7 Å². The highest BCUT2D eigenvalue weighted by atomic mass is 16.5. The summed E-state index contributed by atoms with van der Waals surface area (Å²) in [5.74, 6) is -0.270. The van der Waals surface area contributed by atoms with E-state index in [9.17, 15) is 4.79 Å². The Bertz CT molecular complexity index is 221.